The Morgan fingerprint density at radius 2 is 0.966 bits per heavy atom. The summed E-state index contributed by atoms with van der Waals surface area (Å²) < 4.78 is 107. The molecule has 2 aromatic carbocycles. The lowest BCUT2D eigenvalue weighted by Crippen LogP contribution is -2.41. The van der Waals surface area contributed by atoms with Gasteiger partial charge in [0.1, 0.15) is 17.5 Å². The molecule has 89 heavy (non-hydrogen) atoms. The summed E-state index contributed by atoms with van der Waals surface area (Å²) in [6.07, 6.45) is -8.51. The number of aromatic nitrogens is 10. The molecule has 2 unspecified atom stereocenters. The number of amides is 1. The number of benzene rings is 2. The Balaban J connectivity index is 0.000000265. The Bertz CT molecular complexity index is 4590. The van der Waals surface area contributed by atoms with E-state index < -0.39 is 53.6 Å². The third kappa shape index (κ3) is 24.8. The van der Waals surface area contributed by atoms with Gasteiger partial charge in [-0.25, -0.2) is 23.8 Å². The lowest BCUT2D eigenvalue weighted by molar-refractivity contribution is -0.149. The monoisotopic (exact) mass is 1650 g/mol. The lowest BCUT2D eigenvalue weighted by Gasteiger charge is -2.32. The molecule has 4 aromatic heterocycles. The number of carboxylic acid groups (broad SMARTS) is 1. The Labute approximate surface area is 572 Å². The smallest absolute Gasteiger partial charge is 0.451 e. The number of carbonyl (C=O) groups excluding carboxylic acids is 1. The van der Waals surface area contributed by atoms with E-state index in [4.69, 9.17) is 27.5 Å². The second-order valence-corrected chi connectivity index (χ2v) is 50.8. The van der Waals surface area contributed by atoms with Crippen molar-refractivity contribution in [3.05, 3.63) is 148 Å². The van der Waals surface area contributed by atoms with Gasteiger partial charge in [0, 0.05) is 234 Å². The first-order valence-electron chi connectivity index (χ1n) is 23.6. The quantitative estimate of drug-likeness (QED) is 0.145. The van der Waals surface area contributed by atoms with Crippen LogP contribution in [0.15, 0.2) is 46.0 Å². The van der Waals surface area contributed by atoms with Gasteiger partial charge in [-0.05, 0) is 88.1 Å². The zero-order valence-corrected chi connectivity index (χ0v) is 63.7. The second kappa shape index (κ2) is 39.6. The highest BCUT2D eigenvalue weighted by atomic mass is 33.5. The van der Waals surface area contributed by atoms with Gasteiger partial charge >= 0.3 is 18.3 Å². The van der Waals surface area contributed by atoms with E-state index in [1.54, 1.807) is 186 Å². The number of halogens is 8. The molecule has 0 fully saturated rings. The summed E-state index contributed by atoms with van der Waals surface area (Å²) in [4.78, 5) is 48.3. The maximum absolute atomic E-state index is 14.6. The predicted molar refractivity (Wildman–Crippen MR) is 385 cm³/mol. The molecule has 0 saturated carbocycles. The van der Waals surface area contributed by atoms with Gasteiger partial charge in [-0.2, -0.15) is 50.0 Å². The molecule has 2 aliphatic rings. The third-order valence-corrected chi connectivity index (χ3v) is 51.8. The van der Waals surface area contributed by atoms with E-state index in [0.717, 1.165) is 26.8 Å². The normalized spacial score (nSPS) is 13.6. The second-order valence-electron chi connectivity index (χ2n) is 17.2. The zero-order valence-electron chi connectivity index (χ0n) is 45.6. The summed E-state index contributed by atoms with van der Waals surface area (Å²) in [5.74, 6) is -5.19. The molecule has 2 aliphatic heterocycles. The van der Waals surface area contributed by atoms with Crippen LogP contribution in [0.1, 0.15) is 115 Å². The fourth-order valence-electron chi connectivity index (χ4n) is 7.60. The van der Waals surface area contributed by atoms with Crippen molar-refractivity contribution in [3.8, 4) is 0 Å². The molecular formula is C42H44F8N12O5S22. The number of carboxylic acids is 1. The number of H-pyrrole nitrogens is 2. The average Bonchev–Trinajstić information content (AvgIpc) is 2.60. The first-order valence-corrected chi connectivity index (χ1v) is 50.3. The molecule has 17 nitrogen and oxygen atoms in total. The van der Waals surface area contributed by atoms with Crippen LogP contribution in [0.25, 0.3) is 0 Å². The summed E-state index contributed by atoms with van der Waals surface area (Å²) in [6.45, 7) is 10.7. The Kier molecular flexibility index (Phi) is 35.3. The van der Waals surface area contributed by atoms with Crippen molar-refractivity contribution in [2.45, 2.75) is 91.9 Å². The van der Waals surface area contributed by atoms with Crippen LogP contribution < -0.4 is 16.4 Å². The fraction of sp³-hybridized carbons (Fsp3) is 0.381. The van der Waals surface area contributed by atoms with E-state index in [1.807, 2.05) is 0 Å². The van der Waals surface area contributed by atoms with Crippen molar-refractivity contribution in [2.24, 2.45) is 0 Å². The number of aromatic amines is 2. The molecule has 1 amide bonds. The van der Waals surface area contributed by atoms with E-state index in [2.05, 4.69) is 46.1 Å². The van der Waals surface area contributed by atoms with Crippen LogP contribution >= 0.6 is 13.5 Å². The summed E-state index contributed by atoms with van der Waals surface area (Å²) >= 11 is 9.52. The lowest BCUT2D eigenvalue weighted by atomic mass is 10.0. The standard InChI is InChI=1S/C21H20F4N6O2.C14H13FN2O3.C7H9F3N4.S21.H2S/c1-10-8-30(9-17-27-29-20(31(10)17)21(23,24)25)19(33)14-6-13(4-5-15(14)22)7-16-11(2)12(3)18(32)28-26-16;1-7-8(2)13(18)17-16-12(7)6-9-3-4-11(15)10(5-9)14(19)20;1-4-2-11-3-5-12-13-6(14(4)5)7(8,9)10;1-3-5-7-9-11-13-15-17-19-21-20-18-16-14-12-10-8-6-4-2;/h4-6,10H,7-9H2,1-3H3,(H,28,32);3-5H,6H2,1-2H3,(H,17,18)(H,19,20);4,11H,2-3H2,1H3;;1H2. The van der Waals surface area contributed by atoms with Gasteiger partial charge in [-0.1, -0.05) is 12.1 Å². The largest absolute Gasteiger partial charge is 0.478 e. The Hall–Kier alpha value is -2.21. The molecule has 2 atom stereocenters. The van der Waals surface area contributed by atoms with Crippen LogP contribution in [-0.2, 0) is 229 Å². The van der Waals surface area contributed by atoms with Gasteiger partial charge in [0.2, 0.25) is 11.6 Å². The van der Waals surface area contributed by atoms with Gasteiger partial charge in [-0.3, -0.25) is 14.4 Å². The van der Waals surface area contributed by atoms with Crippen molar-refractivity contribution in [1.29, 1.82) is 0 Å². The number of alkyl halides is 6. The summed E-state index contributed by atoms with van der Waals surface area (Å²) in [5.41, 5.74) is 3.81. The van der Waals surface area contributed by atoms with Crippen LogP contribution in [0.5, 0.6) is 0 Å². The average molecular weight is 1650 g/mol. The molecule has 0 spiro atoms. The molecule has 0 aliphatic carbocycles. The van der Waals surface area contributed by atoms with Gasteiger partial charge < -0.3 is 24.5 Å². The molecular weight excluding hydrogens is 1610 g/mol. The van der Waals surface area contributed by atoms with Crippen molar-refractivity contribution in [3.63, 3.8) is 0 Å². The highest BCUT2D eigenvalue weighted by Gasteiger charge is 2.42. The maximum atomic E-state index is 14.6. The van der Waals surface area contributed by atoms with E-state index in [9.17, 15) is 54.3 Å². The van der Waals surface area contributed by atoms with Gasteiger partial charge in [-0.15, -0.1) is 20.4 Å². The van der Waals surface area contributed by atoms with Gasteiger partial charge in [0.05, 0.1) is 41.6 Å². The van der Waals surface area contributed by atoms with E-state index >= 15 is 0 Å². The van der Waals surface area contributed by atoms with E-state index in [0.29, 0.717) is 64.5 Å². The highest BCUT2D eigenvalue weighted by molar-refractivity contribution is 8.78. The number of aromatic carboxylic acids is 1. The molecule has 47 heteroatoms. The molecule has 0 bridgehead atoms. The SMILES string of the molecule is CC1CNCc2nnc(C(F)(F)F)n21.Cc1c(Cc2ccc(F)c(C(=O)N3Cc4nnc(C(F)(F)F)n4C(C)C3)c2)n[nH]c(=O)c1C.Cc1c(Cc2ccc(F)c(C(=O)O)c2)n[nH]c(=O)c1C.S.S=S=S=S=S=S=S=S=S=S=S=S=S=S=S=S=S=S=S=S=S. The van der Waals surface area contributed by atoms with E-state index in [1.165, 1.54) is 53.9 Å². The summed E-state index contributed by atoms with van der Waals surface area (Å²) in [5, 5.41) is 38.1. The van der Waals surface area contributed by atoms with Crippen LogP contribution in [0.3, 0.4) is 0 Å². The molecule has 6 heterocycles. The predicted octanol–water partition coefficient (Wildman–Crippen LogP) is 5.78. The maximum Gasteiger partial charge on any atom is 0.451 e. The topological polar surface area (TPSA) is 223 Å². The third-order valence-electron chi connectivity index (χ3n) is 11.8. The zero-order chi connectivity index (χ0) is 64.7. The first-order chi connectivity index (χ1) is 41.8. The molecule has 4 N–H and O–H groups in total. The van der Waals surface area contributed by atoms with Gasteiger partial charge in [0.25, 0.3) is 17.0 Å². The molecule has 8 rings (SSSR count). The number of hydrogen-bond donors (Lipinski definition) is 4. The van der Waals surface area contributed by atoms with Crippen molar-refractivity contribution in [1.82, 2.24) is 60.1 Å². The van der Waals surface area contributed by atoms with E-state index in [-0.39, 0.29) is 67.1 Å². The number of nitrogens with one attached hydrogen (secondary N) is 3. The number of nitrogens with zero attached hydrogens (tertiary/aromatic N) is 9. The van der Waals surface area contributed by atoms with Gasteiger partial charge in [0.15, 0.2) is 5.82 Å². The van der Waals surface area contributed by atoms with Crippen LogP contribution in [0, 0.1) is 39.3 Å². The Morgan fingerprint density at radius 3 is 1.37 bits per heavy atom. The summed E-state index contributed by atoms with van der Waals surface area (Å²) in [6, 6.07) is 6.96. The molecule has 490 valence electrons. The van der Waals surface area contributed by atoms with Crippen molar-refractivity contribution in [2.75, 3.05) is 13.1 Å². The molecule has 6 aromatic rings. The number of carbonyl (C=O) groups is 2. The number of rotatable bonds is 6. The minimum Gasteiger partial charge on any atom is -0.478 e. The van der Waals surface area contributed by atoms with Crippen LogP contribution in [-0.4, -0.2) is 84.9 Å². The minimum absolute atomic E-state index is 0. The van der Waals surface area contributed by atoms with Crippen LogP contribution in [0.4, 0.5) is 35.1 Å². The van der Waals surface area contributed by atoms with Crippen molar-refractivity contribution < 1.29 is 49.8 Å². The Morgan fingerprint density at radius 1 is 0.584 bits per heavy atom. The fourth-order valence-corrected chi connectivity index (χ4v) is 54.2. The van der Waals surface area contributed by atoms with Crippen LogP contribution in [0.2, 0.25) is 0 Å². The highest BCUT2D eigenvalue weighted by Crippen LogP contribution is 2.34. The molecule has 0 saturated heterocycles. The minimum atomic E-state index is -4.67. The van der Waals surface area contributed by atoms with Crippen molar-refractivity contribution >= 4 is 216 Å². The molecule has 0 radical (unpaired) electrons. The summed E-state index contributed by atoms with van der Waals surface area (Å²) in [7, 11) is 32.6. The number of hydrogen-bond acceptors (Lipinski definition) is 13. The number of fused-ring (bicyclic) bond motifs is 2. The first kappa shape index (κ1) is 79.2.